The van der Waals surface area contributed by atoms with Gasteiger partial charge in [0.25, 0.3) is 0 Å². The van der Waals surface area contributed by atoms with E-state index in [-0.39, 0.29) is 42.2 Å². The second-order valence-electron chi connectivity index (χ2n) is 0.0680. The molecule has 0 bridgehead atoms. The van der Waals surface area contributed by atoms with Crippen LogP contribution in [0.25, 0.3) is 0 Å². The summed E-state index contributed by atoms with van der Waals surface area (Å²) in [5.41, 5.74) is 0. The predicted molar refractivity (Wildman–Crippen MR) is 23.7 cm³/mol. The van der Waals surface area contributed by atoms with Gasteiger partial charge in [-0.1, -0.05) is 0 Å². The fraction of sp³-hybridized carbons (Fsp3) is 0. The van der Waals surface area contributed by atoms with Gasteiger partial charge in [-0.3, -0.25) is 0 Å². The Labute approximate surface area is 60.9 Å². The van der Waals surface area contributed by atoms with Crippen molar-refractivity contribution < 1.29 is 14.9 Å². The summed E-state index contributed by atoms with van der Waals surface area (Å²) in [4.78, 5) is 0. The van der Waals surface area contributed by atoms with Gasteiger partial charge in [0.2, 0.25) is 0 Å². The molecule has 0 aromatic heterocycles. The SMILES string of the molecule is [PbH2].[S]=[Mo]=[S]. The summed E-state index contributed by atoms with van der Waals surface area (Å²) >= 11 is -0.363. The molecule has 24 valence electrons. The van der Waals surface area contributed by atoms with Gasteiger partial charge in [-0.15, -0.1) is 0 Å². The first-order valence-electron chi connectivity index (χ1n) is 0.333. The molecule has 0 spiro atoms. The monoisotopic (exact) mass is 372 g/mol. The molecule has 0 nitrogen and oxygen atoms in total. The fourth-order valence-electron chi connectivity index (χ4n) is 0. The third-order valence-electron chi connectivity index (χ3n) is 0. The van der Waals surface area contributed by atoms with Crippen molar-refractivity contribution in [2.75, 3.05) is 0 Å². The van der Waals surface area contributed by atoms with Gasteiger partial charge < -0.3 is 0 Å². The summed E-state index contributed by atoms with van der Waals surface area (Å²) in [5.74, 6) is 0. The zero-order valence-electron chi connectivity index (χ0n) is 1.93. The molecule has 0 heterocycles. The van der Waals surface area contributed by atoms with E-state index in [1.54, 1.807) is 0 Å². The molecule has 4 heavy (non-hydrogen) atoms. The Balaban J connectivity index is 0. The first-order valence-corrected chi connectivity index (χ1v) is 5.92. The molecule has 0 aromatic carbocycles. The molecule has 0 amide bonds. The van der Waals surface area contributed by atoms with Crippen molar-refractivity contribution in [3.8, 4) is 0 Å². The van der Waals surface area contributed by atoms with Crippen LogP contribution in [0.3, 0.4) is 0 Å². The normalized spacial score (nSPS) is 3.00. The van der Waals surface area contributed by atoms with Gasteiger partial charge >= 0.3 is 61.9 Å². The zero-order chi connectivity index (χ0) is 2.71. The summed E-state index contributed by atoms with van der Waals surface area (Å²) in [7, 11) is 8.68. The average molecular weight is 369 g/mol. The van der Waals surface area contributed by atoms with Gasteiger partial charge in [0.05, 0.1) is 0 Å². The van der Waals surface area contributed by atoms with Gasteiger partial charge in [-0.2, -0.15) is 0 Å². The predicted octanol–water partition coefficient (Wildman–Crippen LogP) is 0.378. The van der Waals surface area contributed by atoms with Crippen molar-refractivity contribution in [3.63, 3.8) is 0 Å². The van der Waals surface area contributed by atoms with Gasteiger partial charge in [0.15, 0.2) is 0 Å². The summed E-state index contributed by atoms with van der Waals surface area (Å²) < 4.78 is 0. The Morgan fingerprint density at radius 1 is 1.25 bits per heavy atom. The molecule has 0 rings (SSSR count). The number of hydrogen-bond donors (Lipinski definition) is 0. The molecule has 4 heteroatoms. The summed E-state index contributed by atoms with van der Waals surface area (Å²) in [6.45, 7) is 0. The van der Waals surface area contributed by atoms with Gasteiger partial charge in [-0.05, 0) is 0 Å². The van der Waals surface area contributed by atoms with E-state index in [2.05, 4.69) is 19.6 Å². The van der Waals surface area contributed by atoms with Crippen molar-refractivity contribution in [2.24, 2.45) is 0 Å². The van der Waals surface area contributed by atoms with E-state index in [9.17, 15) is 0 Å². The van der Waals surface area contributed by atoms with Crippen LogP contribution in [0.1, 0.15) is 0 Å². The van der Waals surface area contributed by atoms with E-state index in [4.69, 9.17) is 0 Å². The summed E-state index contributed by atoms with van der Waals surface area (Å²) in [6.07, 6.45) is 0. The van der Waals surface area contributed by atoms with E-state index >= 15 is 0 Å². The third-order valence-corrected chi connectivity index (χ3v) is 0. The first kappa shape index (κ1) is 9.41. The zero-order valence-corrected chi connectivity index (χ0v) is 11.1. The third kappa shape index (κ3) is 8.96. The van der Waals surface area contributed by atoms with Gasteiger partial charge in [0, 0.05) is 0 Å². The summed E-state index contributed by atoms with van der Waals surface area (Å²) in [6, 6.07) is 0. The van der Waals surface area contributed by atoms with Crippen molar-refractivity contribution in [1.29, 1.82) is 0 Å². The molecule has 0 fully saturated rings. The van der Waals surface area contributed by atoms with Gasteiger partial charge in [-0.25, -0.2) is 0 Å². The first-order chi connectivity index (χ1) is 1.41. The fourth-order valence-corrected chi connectivity index (χ4v) is 0. The summed E-state index contributed by atoms with van der Waals surface area (Å²) in [5, 5.41) is 0. The minimum absolute atomic E-state index is 0. The quantitative estimate of drug-likeness (QED) is 0.567. The van der Waals surface area contributed by atoms with E-state index in [0.29, 0.717) is 0 Å². The van der Waals surface area contributed by atoms with Gasteiger partial charge in [0.1, 0.15) is 0 Å². The maximum atomic E-state index is 4.34. The molecule has 0 saturated carbocycles. The second-order valence-corrected chi connectivity index (χ2v) is 3.62. The van der Waals surface area contributed by atoms with Crippen LogP contribution in [0.2, 0.25) is 0 Å². The van der Waals surface area contributed by atoms with Crippen LogP contribution in [-0.4, -0.2) is 27.3 Å². The van der Waals surface area contributed by atoms with Crippen molar-refractivity contribution >= 4 is 46.9 Å². The number of hydrogen-bond acceptors (Lipinski definition) is 2. The molecule has 0 N–H and O–H groups in total. The second kappa shape index (κ2) is 8.90. The average Bonchev–Trinajstić information content (AvgIpc) is 0.918. The van der Waals surface area contributed by atoms with E-state index < -0.39 is 0 Å². The molecular formula is H2MoPbS2. The van der Waals surface area contributed by atoms with E-state index in [0.717, 1.165) is 0 Å². The number of rotatable bonds is 0. The molecule has 2 radical (unpaired) electrons. The van der Waals surface area contributed by atoms with Crippen LogP contribution in [0.15, 0.2) is 0 Å². The Morgan fingerprint density at radius 2 is 1.25 bits per heavy atom. The topological polar surface area (TPSA) is 0 Å². The van der Waals surface area contributed by atoms with Crippen LogP contribution in [-0.2, 0) is 14.9 Å². The van der Waals surface area contributed by atoms with Crippen LogP contribution < -0.4 is 0 Å². The van der Waals surface area contributed by atoms with Crippen LogP contribution in [0.4, 0.5) is 0 Å². The van der Waals surface area contributed by atoms with Crippen molar-refractivity contribution in [3.05, 3.63) is 0 Å². The van der Waals surface area contributed by atoms with Crippen molar-refractivity contribution in [2.45, 2.75) is 0 Å². The van der Waals surface area contributed by atoms with Crippen molar-refractivity contribution in [1.82, 2.24) is 0 Å². The van der Waals surface area contributed by atoms with Crippen LogP contribution >= 0.6 is 19.6 Å². The molecule has 0 atom stereocenters. The maximum absolute atomic E-state index is 4.34. The molecule has 0 saturated heterocycles. The standard InChI is InChI=1S/Mo.Pb.2S.2H. The molecule has 0 aliphatic heterocycles. The van der Waals surface area contributed by atoms with Crippen LogP contribution in [0.5, 0.6) is 0 Å². The Kier molecular flexibility index (Phi) is 20.9. The molecule has 0 unspecified atom stereocenters. The minimum atomic E-state index is -0.363. The van der Waals surface area contributed by atoms with E-state index in [1.807, 2.05) is 0 Å². The van der Waals surface area contributed by atoms with Crippen LogP contribution in [0, 0.1) is 0 Å². The Morgan fingerprint density at radius 3 is 1.25 bits per heavy atom. The molecule has 0 aliphatic carbocycles. The molecular weight excluding hydrogens is 367 g/mol. The molecule has 0 aromatic rings. The van der Waals surface area contributed by atoms with E-state index in [1.165, 1.54) is 0 Å². The Hall–Kier alpha value is 2.05. The Bertz CT molecular complexity index is 27.0. The molecule has 0 aliphatic rings.